The van der Waals surface area contributed by atoms with Crippen molar-refractivity contribution in [2.75, 3.05) is 0 Å². The van der Waals surface area contributed by atoms with E-state index in [2.05, 4.69) is 25.9 Å². The number of aromatic nitrogens is 2. The summed E-state index contributed by atoms with van der Waals surface area (Å²) < 4.78 is 53.2. The highest BCUT2D eigenvalue weighted by atomic mass is 79.9. The smallest absolute Gasteiger partial charge is 0.254 e. The normalized spacial score (nSPS) is 12.1. The van der Waals surface area contributed by atoms with Gasteiger partial charge in [-0.15, -0.1) is 11.3 Å². The second-order valence-corrected chi connectivity index (χ2v) is 7.50. The lowest BCUT2D eigenvalue weighted by Crippen LogP contribution is -2.06. The van der Waals surface area contributed by atoms with Crippen molar-refractivity contribution in [3.63, 3.8) is 0 Å². The number of halogens is 7. The summed E-state index contributed by atoms with van der Waals surface area (Å²) in [5.74, 6) is -0.743. The first-order chi connectivity index (χ1) is 10.7. The number of pyridine rings is 1. The largest absolute Gasteiger partial charge is 0.417 e. The molecule has 0 saturated carbocycles. The van der Waals surface area contributed by atoms with E-state index in [4.69, 9.17) is 23.2 Å². The van der Waals surface area contributed by atoms with Gasteiger partial charge in [0.25, 0.3) is 0 Å². The van der Waals surface area contributed by atoms with E-state index in [1.807, 2.05) is 0 Å². The lowest BCUT2D eigenvalue weighted by atomic mass is 10.1. The maximum atomic E-state index is 14.3. The first-order valence-electron chi connectivity index (χ1n) is 5.85. The van der Waals surface area contributed by atoms with Crippen molar-refractivity contribution in [1.29, 1.82) is 0 Å². The summed E-state index contributed by atoms with van der Waals surface area (Å²) in [5, 5.41) is -0.224. The fraction of sp³-hybridized carbons (Fsp3) is 0.0769. The first kappa shape index (κ1) is 16.9. The molecule has 2 heterocycles. The number of hydrogen-bond acceptors (Lipinski definition) is 3. The molecule has 0 aliphatic rings. The highest BCUT2D eigenvalue weighted by Gasteiger charge is 2.32. The molecule has 0 atom stereocenters. The Morgan fingerprint density at radius 2 is 1.83 bits per heavy atom. The molecule has 0 N–H and O–H groups in total. The average molecular weight is 446 g/mol. The zero-order chi connectivity index (χ0) is 16.9. The van der Waals surface area contributed by atoms with E-state index < -0.39 is 17.6 Å². The molecule has 3 aromatic rings. The van der Waals surface area contributed by atoms with Crippen LogP contribution in [0.5, 0.6) is 0 Å². The Labute approximate surface area is 149 Å². The Kier molecular flexibility index (Phi) is 4.29. The highest BCUT2D eigenvalue weighted by molar-refractivity contribution is 9.11. The summed E-state index contributed by atoms with van der Waals surface area (Å²) in [6, 6.07) is 1.74. The van der Waals surface area contributed by atoms with Crippen LogP contribution in [-0.2, 0) is 6.18 Å². The van der Waals surface area contributed by atoms with Crippen molar-refractivity contribution in [1.82, 2.24) is 9.97 Å². The number of alkyl halides is 3. The van der Waals surface area contributed by atoms with E-state index in [0.717, 1.165) is 17.4 Å². The monoisotopic (exact) mass is 444 g/mol. The van der Waals surface area contributed by atoms with Gasteiger partial charge in [0.2, 0.25) is 0 Å². The minimum Gasteiger partial charge on any atom is -0.254 e. The molecule has 2 nitrogen and oxygen atoms in total. The van der Waals surface area contributed by atoms with Crippen LogP contribution in [0.15, 0.2) is 22.2 Å². The summed E-state index contributed by atoms with van der Waals surface area (Å²) in [4.78, 5) is 7.81. The van der Waals surface area contributed by atoms with Gasteiger partial charge in [0, 0.05) is 6.20 Å². The maximum Gasteiger partial charge on any atom is 0.417 e. The van der Waals surface area contributed by atoms with E-state index >= 15 is 0 Å². The van der Waals surface area contributed by atoms with Crippen LogP contribution in [0.25, 0.3) is 21.5 Å². The Morgan fingerprint density at radius 1 is 1.13 bits per heavy atom. The number of thiazole rings is 1. The predicted molar refractivity (Wildman–Crippen MR) is 85.5 cm³/mol. The number of benzene rings is 1. The molecule has 0 aliphatic carbocycles. The van der Waals surface area contributed by atoms with E-state index in [-0.39, 0.29) is 21.3 Å². The van der Waals surface area contributed by atoms with Gasteiger partial charge in [0.05, 0.1) is 31.6 Å². The molecule has 0 unspecified atom stereocenters. The summed E-state index contributed by atoms with van der Waals surface area (Å²) in [6.45, 7) is 0. The molecule has 0 spiro atoms. The second-order valence-electron chi connectivity index (χ2n) is 4.41. The van der Waals surface area contributed by atoms with Crippen LogP contribution in [-0.4, -0.2) is 9.97 Å². The van der Waals surface area contributed by atoms with Crippen molar-refractivity contribution >= 4 is 60.7 Å². The molecule has 0 saturated heterocycles. The van der Waals surface area contributed by atoms with Gasteiger partial charge in [-0.1, -0.05) is 23.2 Å². The van der Waals surface area contributed by atoms with Crippen LogP contribution in [0.1, 0.15) is 5.56 Å². The van der Waals surface area contributed by atoms with Crippen LogP contribution in [0.2, 0.25) is 10.0 Å². The lowest BCUT2D eigenvalue weighted by molar-refractivity contribution is -0.137. The number of fused-ring (bicyclic) bond motifs is 1. The highest BCUT2D eigenvalue weighted by Crippen LogP contribution is 2.42. The number of hydrogen-bond donors (Lipinski definition) is 0. The maximum absolute atomic E-state index is 14.3. The third-order valence-electron chi connectivity index (χ3n) is 2.95. The third kappa shape index (κ3) is 3.05. The molecule has 0 bridgehead atoms. The molecule has 0 aliphatic heterocycles. The summed E-state index contributed by atoms with van der Waals surface area (Å²) in [6.07, 6.45) is -3.98. The van der Waals surface area contributed by atoms with Gasteiger partial charge in [-0.2, -0.15) is 13.2 Å². The molecule has 10 heteroatoms. The Bertz CT molecular complexity index is 926. The molecular formula is C13H3BrCl2F4N2S. The predicted octanol–water partition coefficient (Wildman–Crippen LogP) is 6.59. The van der Waals surface area contributed by atoms with Gasteiger partial charge in [-0.05, 0) is 28.1 Å². The number of nitrogens with zero attached hydrogens (tertiary/aromatic N) is 2. The Balaban J connectivity index is 2.29. The minimum absolute atomic E-state index is 0.0358. The molecule has 2 aromatic heterocycles. The second kappa shape index (κ2) is 5.84. The van der Waals surface area contributed by atoms with Gasteiger partial charge in [0.1, 0.15) is 11.3 Å². The zero-order valence-electron chi connectivity index (χ0n) is 10.7. The van der Waals surface area contributed by atoms with Gasteiger partial charge >= 0.3 is 6.18 Å². The van der Waals surface area contributed by atoms with Crippen LogP contribution in [0.4, 0.5) is 17.6 Å². The van der Waals surface area contributed by atoms with Crippen LogP contribution in [0, 0.1) is 5.82 Å². The van der Waals surface area contributed by atoms with E-state index in [1.54, 1.807) is 0 Å². The van der Waals surface area contributed by atoms with Crippen molar-refractivity contribution in [2.24, 2.45) is 0 Å². The molecule has 0 fully saturated rings. The number of rotatable bonds is 1. The first-order valence-corrected chi connectivity index (χ1v) is 8.22. The summed E-state index contributed by atoms with van der Waals surface area (Å²) in [5.41, 5.74) is -0.832. The summed E-state index contributed by atoms with van der Waals surface area (Å²) in [7, 11) is 0. The van der Waals surface area contributed by atoms with Gasteiger partial charge in [-0.3, -0.25) is 4.98 Å². The third-order valence-corrected chi connectivity index (χ3v) is 5.05. The molecule has 3 rings (SSSR count). The van der Waals surface area contributed by atoms with E-state index in [0.29, 0.717) is 26.4 Å². The van der Waals surface area contributed by atoms with Crippen molar-refractivity contribution < 1.29 is 17.6 Å². The molecular weight excluding hydrogens is 443 g/mol. The van der Waals surface area contributed by atoms with Gasteiger partial charge in [-0.25, -0.2) is 9.37 Å². The standard InChI is InChI=1S/C13H3BrCl2F4N2S/c14-12-22-10-6(16)2-7(17)8(11(10)23-12)9-5(15)1-4(3-21-9)13(18,19)20/h1-3H. The Morgan fingerprint density at radius 3 is 2.43 bits per heavy atom. The van der Waals surface area contributed by atoms with E-state index in [9.17, 15) is 17.6 Å². The molecule has 0 amide bonds. The van der Waals surface area contributed by atoms with Crippen molar-refractivity contribution in [2.45, 2.75) is 6.18 Å². The molecule has 23 heavy (non-hydrogen) atoms. The minimum atomic E-state index is -4.59. The molecule has 1 aromatic carbocycles. The van der Waals surface area contributed by atoms with Crippen LogP contribution < -0.4 is 0 Å². The van der Waals surface area contributed by atoms with Crippen LogP contribution in [0.3, 0.4) is 0 Å². The lowest BCUT2D eigenvalue weighted by Gasteiger charge is -2.10. The van der Waals surface area contributed by atoms with Crippen LogP contribution >= 0.6 is 50.5 Å². The fourth-order valence-corrected chi connectivity index (χ4v) is 4.05. The summed E-state index contributed by atoms with van der Waals surface area (Å²) >= 11 is 16.1. The molecule has 0 radical (unpaired) electrons. The Hall–Kier alpha value is -0.960. The van der Waals surface area contributed by atoms with Crippen molar-refractivity contribution in [3.8, 4) is 11.3 Å². The average Bonchev–Trinajstić information content (AvgIpc) is 2.81. The van der Waals surface area contributed by atoms with Gasteiger partial charge < -0.3 is 0 Å². The van der Waals surface area contributed by atoms with Crippen molar-refractivity contribution in [3.05, 3.63) is 43.7 Å². The fourth-order valence-electron chi connectivity index (χ4n) is 1.98. The topological polar surface area (TPSA) is 25.8 Å². The SMILES string of the molecule is Fc1cc(Cl)c2nc(Br)sc2c1-c1ncc(C(F)(F)F)cc1Cl. The quantitative estimate of drug-likeness (QED) is 0.395. The van der Waals surface area contributed by atoms with Gasteiger partial charge in [0.15, 0.2) is 3.92 Å². The molecule has 120 valence electrons. The zero-order valence-corrected chi connectivity index (χ0v) is 14.6. The van der Waals surface area contributed by atoms with E-state index in [1.165, 1.54) is 0 Å².